The summed E-state index contributed by atoms with van der Waals surface area (Å²) in [6, 6.07) is 43.9. The first-order valence-electron chi connectivity index (χ1n) is 14.4. The van der Waals surface area contributed by atoms with E-state index in [0.29, 0.717) is 33.1 Å². The molecule has 4 heterocycles. The van der Waals surface area contributed by atoms with E-state index in [9.17, 15) is 0 Å². The Bertz CT molecular complexity index is 2250. The lowest BCUT2D eigenvalue weighted by Gasteiger charge is -2.21. The molecule has 4 aromatic heterocycles. The maximum absolute atomic E-state index is 15.9. The molecule has 0 saturated heterocycles. The number of benzene rings is 4. The van der Waals surface area contributed by atoms with Gasteiger partial charge in [0.1, 0.15) is 5.44 Å². The molecular formula is C38H25N4OP. The van der Waals surface area contributed by atoms with Crippen LogP contribution in [0.4, 0.5) is 0 Å². The minimum atomic E-state index is -3.52. The highest BCUT2D eigenvalue weighted by molar-refractivity contribution is 7.85. The van der Waals surface area contributed by atoms with Crippen molar-refractivity contribution in [3.63, 3.8) is 0 Å². The zero-order valence-corrected chi connectivity index (χ0v) is 24.5. The maximum atomic E-state index is 15.9. The summed E-state index contributed by atoms with van der Waals surface area (Å²) < 4.78 is 15.9. The molecule has 1 unspecified atom stereocenters. The van der Waals surface area contributed by atoms with E-state index in [0.717, 1.165) is 21.9 Å². The highest BCUT2D eigenvalue weighted by Gasteiger charge is 2.33. The maximum Gasteiger partial charge on any atom is 0.188 e. The van der Waals surface area contributed by atoms with Crippen LogP contribution in [0, 0.1) is 0 Å². The Labute approximate surface area is 254 Å². The van der Waals surface area contributed by atoms with Crippen LogP contribution in [0.3, 0.4) is 0 Å². The van der Waals surface area contributed by atoms with Gasteiger partial charge in [0, 0.05) is 29.2 Å². The highest BCUT2D eigenvalue weighted by Crippen LogP contribution is 2.44. The van der Waals surface area contributed by atoms with Crippen LogP contribution in [0.15, 0.2) is 152 Å². The zero-order valence-electron chi connectivity index (χ0n) is 23.6. The van der Waals surface area contributed by atoms with Crippen LogP contribution in [0.25, 0.3) is 55.1 Å². The predicted molar refractivity (Wildman–Crippen MR) is 180 cm³/mol. The molecule has 0 saturated carbocycles. The SMILES string of the molecule is O=P(c1ccnc(-c2ccccn2)c1)(c1ccc2c3ccccc3c3ccccc3c2c1)c1cccc(-c2ccccn2)n1. The van der Waals surface area contributed by atoms with Gasteiger partial charge in [0.25, 0.3) is 0 Å². The Balaban J connectivity index is 1.42. The van der Waals surface area contributed by atoms with Crippen molar-refractivity contribution in [3.8, 4) is 22.8 Å². The number of pyridine rings is 4. The average Bonchev–Trinajstić information content (AvgIpc) is 3.12. The first-order valence-corrected chi connectivity index (χ1v) is 16.1. The van der Waals surface area contributed by atoms with Gasteiger partial charge < -0.3 is 4.57 Å². The van der Waals surface area contributed by atoms with Gasteiger partial charge in [-0.2, -0.15) is 0 Å². The Morgan fingerprint density at radius 3 is 1.55 bits per heavy atom. The molecule has 0 bridgehead atoms. The van der Waals surface area contributed by atoms with E-state index in [-0.39, 0.29) is 0 Å². The molecular weight excluding hydrogens is 559 g/mol. The second-order valence-corrected chi connectivity index (χ2v) is 13.4. The van der Waals surface area contributed by atoms with Crippen molar-refractivity contribution in [2.75, 3.05) is 0 Å². The van der Waals surface area contributed by atoms with Crippen LogP contribution in [0.2, 0.25) is 0 Å². The van der Waals surface area contributed by atoms with Crippen molar-refractivity contribution in [1.82, 2.24) is 19.9 Å². The van der Waals surface area contributed by atoms with Crippen LogP contribution in [0.1, 0.15) is 0 Å². The van der Waals surface area contributed by atoms with Crippen molar-refractivity contribution in [2.24, 2.45) is 0 Å². The van der Waals surface area contributed by atoms with Crippen molar-refractivity contribution < 1.29 is 4.57 Å². The molecule has 5 nitrogen and oxygen atoms in total. The number of aromatic nitrogens is 4. The predicted octanol–water partition coefficient (Wildman–Crippen LogP) is 7.70. The summed E-state index contributed by atoms with van der Waals surface area (Å²) in [7, 11) is -3.52. The van der Waals surface area contributed by atoms with Gasteiger partial charge in [-0.15, -0.1) is 0 Å². The molecule has 4 aromatic carbocycles. The highest BCUT2D eigenvalue weighted by atomic mass is 31.2. The molecule has 0 aliphatic rings. The molecule has 8 rings (SSSR count). The van der Waals surface area contributed by atoms with Gasteiger partial charge in [0.15, 0.2) is 7.14 Å². The lowest BCUT2D eigenvalue weighted by atomic mass is 9.94. The number of rotatable bonds is 5. The lowest BCUT2D eigenvalue weighted by molar-refractivity contribution is 0.592. The summed E-state index contributed by atoms with van der Waals surface area (Å²) in [6.45, 7) is 0. The Hall–Kier alpha value is -5.51. The first-order chi connectivity index (χ1) is 21.7. The van der Waals surface area contributed by atoms with E-state index >= 15 is 4.57 Å². The summed E-state index contributed by atoms with van der Waals surface area (Å²) in [6.07, 6.45) is 5.18. The standard InChI is InChI=1S/C38H25N4OP/c43-44(27-20-23-41-37(25-27)35-15-6-8-22-40-35,38-17-9-16-36(42-38)34-14-5-7-21-39-34)26-18-19-32-30-12-2-1-10-28(30)29-11-3-4-13-31(29)33(32)24-26/h1-25H. The number of hydrogen-bond acceptors (Lipinski definition) is 5. The molecule has 208 valence electrons. The topological polar surface area (TPSA) is 68.6 Å². The smallest absolute Gasteiger partial charge is 0.188 e. The minimum Gasteiger partial charge on any atom is -0.307 e. The van der Waals surface area contributed by atoms with E-state index in [1.165, 1.54) is 16.2 Å². The molecule has 0 radical (unpaired) electrons. The molecule has 1 atom stereocenters. The summed E-state index contributed by atoms with van der Waals surface area (Å²) in [5.74, 6) is 0. The number of hydrogen-bond donors (Lipinski definition) is 0. The fourth-order valence-electron chi connectivity index (χ4n) is 6.03. The van der Waals surface area contributed by atoms with Gasteiger partial charge >= 0.3 is 0 Å². The summed E-state index contributed by atoms with van der Waals surface area (Å²) in [5, 5.41) is 8.17. The quantitative estimate of drug-likeness (QED) is 0.153. The zero-order chi connectivity index (χ0) is 29.5. The largest absolute Gasteiger partial charge is 0.307 e. The first kappa shape index (κ1) is 26.1. The summed E-state index contributed by atoms with van der Waals surface area (Å²) in [5.41, 5.74) is 3.25. The molecule has 0 aliphatic carbocycles. The lowest BCUT2D eigenvalue weighted by Crippen LogP contribution is -2.27. The minimum absolute atomic E-state index is 0.489. The van der Waals surface area contributed by atoms with Crippen LogP contribution < -0.4 is 16.0 Å². The van der Waals surface area contributed by atoms with E-state index in [4.69, 9.17) is 4.98 Å². The number of nitrogens with zero attached hydrogens (tertiary/aromatic N) is 4. The van der Waals surface area contributed by atoms with Crippen molar-refractivity contribution in [2.45, 2.75) is 0 Å². The molecule has 0 aliphatic heterocycles. The molecule has 8 aromatic rings. The van der Waals surface area contributed by atoms with Gasteiger partial charge in [0.05, 0.1) is 22.8 Å². The van der Waals surface area contributed by atoms with Gasteiger partial charge in [-0.1, -0.05) is 78.9 Å². The molecule has 0 N–H and O–H groups in total. The second kappa shape index (κ2) is 10.6. The van der Waals surface area contributed by atoms with Crippen LogP contribution in [-0.4, -0.2) is 19.9 Å². The number of fused-ring (bicyclic) bond motifs is 6. The van der Waals surface area contributed by atoms with Crippen LogP contribution in [-0.2, 0) is 4.57 Å². The van der Waals surface area contributed by atoms with E-state index in [1.54, 1.807) is 18.6 Å². The Morgan fingerprint density at radius 2 is 0.909 bits per heavy atom. The third-order valence-electron chi connectivity index (χ3n) is 8.11. The summed E-state index contributed by atoms with van der Waals surface area (Å²) >= 11 is 0. The van der Waals surface area contributed by atoms with Gasteiger partial charge in [-0.05, 0) is 86.9 Å². The second-order valence-electron chi connectivity index (χ2n) is 10.6. The van der Waals surface area contributed by atoms with Gasteiger partial charge in [0.2, 0.25) is 0 Å². The molecule has 0 spiro atoms. The van der Waals surface area contributed by atoms with Crippen molar-refractivity contribution in [1.29, 1.82) is 0 Å². The van der Waals surface area contributed by atoms with E-state index in [2.05, 4.69) is 75.6 Å². The van der Waals surface area contributed by atoms with Crippen molar-refractivity contribution >= 4 is 55.5 Å². The van der Waals surface area contributed by atoms with Crippen molar-refractivity contribution in [3.05, 3.63) is 152 Å². The van der Waals surface area contributed by atoms with E-state index < -0.39 is 7.14 Å². The summed E-state index contributed by atoms with van der Waals surface area (Å²) in [4.78, 5) is 18.6. The third kappa shape index (κ3) is 4.29. The van der Waals surface area contributed by atoms with Gasteiger partial charge in [-0.3, -0.25) is 15.0 Å². The average molecular weight is 585 g/mol. The normalized spacial score (nSPS) is 12.8. The Kier molecular flexibility index (Phi) is 6.32. The van der Waals surface area contributed by atoms with Gasteiger partial charge in [-0.25, -0.2) is 4.98 Å². The van der Waals surface area contributed by atoms with E-state index in [1.807, 2.05) is 72.8 Å². The molecule has 0 amide bonds. The molecule has 44 heavy (non-hydrogen) atoms. The van der Waals surface area contributed by atoms with Crippen LogP contribution >= 0.6 is 7.14 Å². The molecule has 6 heteroatoms. The monoisotopic (exact) mass is 584 g/mol. The molecule has 0 fully saturated rings. The third-order valence-corrected chi connectivity index (χ3v) is 11.0. The fourth-order valence-corrected chi connectivity index (χ4v) is 8.58. The van der Waals surface area contributed by atoms with Crippen LogP contribution in [0.5, 0.6) is 0 Å². The Morgan fingerprint density at radius 1 is 0.386 bits per heavy atom. The fraction of sp³-hybridized carbons (Fsp3) is 0.